The number of nitrogens with zero attached hydrogens (tertiary/aromatic N) is 1. The predicted octanol–water partition coefficient (Wildman–Crippen LogP) is 2.50. The maximum atomic E-state index is 6.44. The fraction of sp³-hybridized carbons (Fsp3) is 0.714. The van der Waals surface area contributed by atoms with Crippen LogP contribution in [0.1, 0.15) is 26.7 Å². The van der Waals surface area contributed by atoms with Gasteiger partial charge in [0.25, 0.3) is 0 Å². The predicted molar refractivity (Wildman–Crippen MR) is 35.0 cm³/mol. The summed E-state index contributed by atoms with van der Waals surface area (Å²) in [6, 6.07) is 0. The quantitative estimate of drug-likeness (QED) is 0.492. The van der Waals surface area contributed by atoms with Crippen LogP contribution in [0.3, 0.4) is 0 Å². The monoisotopic (exact) mass is 110 g/mol. The number of hydrogen-bond donors (Lipinski definition) is 0. The average Bonchev–Trinajstić information content (AvgIpc) is 1.83. The molecule has 0 saturated heterocycles. The molecule has 1 nitrogen and oxygen atoms in total. The molecule has 0 aliphatic rings. The first-order chi connectivity index (χ1) is 3.81. The van der Waals surface area contributed by atoms with Crippen LogP contribution in [-0.4, -0.2) is 0 Å². The molecule has 1 unspecified atom stereocenters. The lowest BCUT2D eigenvalue weighted by atomic mass is 10.1. The summed E-state index contributed by atoms with van der Waals surface area (Å²) in [5.41, 5.74) is 0. The van der Waals surface area contributed by atoms with Gasteiger partial charge in [0.05, 0.1) is 0 Å². The van der Waals surface area contributed by atoms with Gasteiger partial charge in [-0.15, -0.1) is 0 Å². The van der Waals surface area contributed by atoms with Crippen molar-refractivity contribution in [1.82, 2.24) is 0 Å². The van der Waals surface area contributed by atoms with E-state index in [0.717, 1.165) is 6.42 Å². The first kappa shape index (κ1) is 7.36. The van der Waals surface area contributed by atoms with E-state index in [9.17, 15) is 0 Å². The minimum Gasteiger partial charge on any atom is -0.461 e. The van der Waals surface area contributed by atoms with Crippen LogP contribution in [0.5, 0.6) is 0 Å². The van der Waals surface area contributed by atoms with Crippen molar-refractivity contribution in [3.05, 3.63) is 18.0 Å². The second kappa shape index (κ2) is 4.52. The minimum atomic E-state index is 0.684. The summed E-state index contributed by atoms with van der Waals surface area (Å²) in [4.78, 5) is 3.15. The maximum Gasteiger partial charge on any atom is -0.0407 e. The fourth-order valence-electron chi connectivity index (χ4n) is 0.399. The van der Waals surface area contributed by atoms with E-state index in [1.807, 2.05) is 0 Å². The molecule has 1 heteroatoms. The Morgan fingerprint density at radius 3 is 2.75 bits per heavy atom. The molecule has 0 heterocycles. The second-order valence-electron chi connectivity index (χ2n) is 2.06. The van der Waals surface area contributed by atoms with Gasteiger partial charge < -0.3 is 4.85 Å². The molecule has 1 atom stereocenters. The smallest absolute Gasteiger partial charge is 0.0407 e. The lowest BCUT2D eigenvalue weighted by Gasteiger charge is -2.06. The van der Waals surface area contributed by atoms with Crippen LogP contribution in [0.2, 0.25) is 0 Å². The SMILES string of the molecule is [C-]#[N+][CH-]CC(C)CC. The van der Waals surface area contributed by atoms with E-state index in [-0.39, 0.29) is 0 Å². The molecule has 0 aliphatic carbocycles. The van der Waals surface area contributed by atoms with Gasteiger partial charge in [0, 0.05) is 0 Å². The Morgan fingerprint density at radius 2 is 2.38 bits per heavy atom. The molecule has 0 fully saturated rings. The Bertz CT molecular complexity index is 80.9. The molecule has 0 aromatic carbocycles. The molecule has 0 aromatic rings. The Hall–Kier alpha value is -0.640. The van der Waals surface area contributed by atoms with Gasteiger partial charge in [0.2, 0.25) is 0 Å². The third kappa shape index (κ3) is 3.55. The average molecular weight is 110 g/mol. The molecular weight excluding hydrogens is 98.1 g/mol. The molecule has 0 N–H and O–H groups in total. The normalized spacial score (nSPS) is 12.1. The van der Waals surface area contributed by atoms with Crippen molar-refractivity contribution in [3.63, 3.8) is 0 Å². The Labute approximate surface area is 51.5 Å². The molecule has 0 saturated carbocycles. The van der Waals surface area contributed by atoms with Crippen LogP contribution < -0.4 is 0 Å². The van der Waals surface area contributed by atoms with Gasteiger partial charge in [-0.2, -0.15) is 0 Å². The van der Waals surface area contributed by atoms with Gasteiger partial charge in [0.15, 0.2) is 0 Å². The zero-order valence-electron chi connectivity index (χ0n) is 5.52. The van der Waals surface area contributed by atoms with Crippen molar-refractivity contribution < 1.29 is 0 Å². The van der Waals surface area contributed by atoms with Gasteiger partial charge in [0.1, 0.15) is 0 Å². The van der Waals surface area contributed by atoms with Crippen LogP contribution in [0, 0.1) is 19.0 Å². The summed E-state index contributed by atoms with van der Waals surface area (Å²) in [7, 11) is 0. The third-order valence-electron chi connectivity index (χ3n) is 1.30. The topological polar surface area (TPSA) is 4.36 Å². The van der Waals surface area contributed by atoms with Crippen LogP contribution in [0.4, 0.5) is 0 Å². The Kier molecular flexibility index (Phi) is 4.16. The van der Waals surface area contributed by atoms with Crippen LogP contribution in [0.15, 0.2) is 0 Å². The Balaban J connectivity index is 3.01. The summed E-state index contributed by atoms with van der Waals surface area (Å²) >= 11 is 0. The largest absolute Gasteiger partial charge is 0.461 e. The molecule has 8 heavy (non-hydrogen) atoms. The van der Waals surface area contributed by atoms with E-state index in [1.165, 1.54) is 6.42 Å². The Morgan fingerprint density at radius 1 is 1.75 bits per heavy atom. The van der Waals surface area contributed by atoms with Gasteiger partial charge in [-0.25, -0.2) is 0 Å². The van der Waals surface area contributed by atoms with Crippen molar-refractivity contribution in [2.24, 2.45) is 5.92 Å². The van der Waals surface area contributed by atoms with Gasteiger partial charge >= 0.3 is 0 Å². The minimum absolute atomic E-state index is 0.684. The first-order valence-electron chi connectivity index (χ1n) is 2.99. The van der Waals surface area contributed by atoms with Crippen molar-refractivity contribution in [3.8, 4) is 0 Å². The summed E-state index contributed by atoms with van der Waals surface area (Å²) in [6.45, 7) is 12.4. The lowest BCUT2D eigenvalue weighted by Crippen LogP contribution is -1.88. The number of rotatable bonds is 3. The molecule has 46 valence electrons. The zero-order chi connectivity index (χ0) is 6.41. The summed E-state index contributed by atoms with van der Waals surface area (Å²) < 4.78 is 0. The third-order valence-corrected chi connectivity index (χ3v) is 1.30. The van der Waals surface area contributed by atoms with Crippen molar-refractivity contribution in [1.29, 1.82) is 0 Å². The molecule has 0 spiro atoms. The maximum absolute atomic E-state index is 6.44. The molecule has 0 bridgehead atoms. The fourth-order valence-corrected chi connectivity index (χ4v) is 0.399. The highest BCUT2D eigenvalue weighted by molar-refractivity contribution is 4.76. The standard InChI is InChI=1S/C7H12N/c1-4-7(2)5-6-8-3/h6-7H,4-5H2,1-2H3/q-1. The highest BCUT2D eigenvalue weighted by atomic mass is 14.6. The van der Waals surface area contributed by atoms with Crippen molar-refractivity contribution in [2.45, 2.75) is 26.7 Å². The molecule has 0 radical (unpaired) electrons. The van der Waals surface area contributed by atoms with E-state index in [4.69, 9.17) is 6.57 Å². The summed E-state index contributed by atoms with van der Waals surface area (Å²) in [5.74, 6) is 0.684. The first-order valence-corrected chi connectivity index (χ1v) is 2.99. The van der Waals surface area contributed by atoms with Gasteiger partial charge in [-0.05, 0) is 6.54 Å². The van der Waals surface area contributed by atoms with E-state index < -0.39 is 0 Å². The van der Waals surface area contributed by atoms with E-state index in [0.29, 0.717) is 5.92 Å². The molecule has 0 aliphatic heterocycles. The van der Waals surface area contributed by atoms with E-state index in [2.05, 4.69) is 18.7 Å². The van der Waals surface area contributed by atoms with Crippen LogP contribution >= 0.6 is 0 Å². The van der Waals surface area contributed by atoms with E-state index in [1.54, 1.807) is 6.54 Å². The zero-order valence-corrected chi connectivity index (χ0v) is 5.52. The van der Waals surface area contributed by atoms with Crippen LogP contribution in [0.25, 0.3) is 4.85 Å². The molecule has 0 aromatic heterocycles. The van der Waals surface area contributed by atoms with Gasteiger partial charge in [-0.3, -0.25) is 6.57 Å². The van der Waals surface area contributed by atoms with Gasteiger partial charge in [-0.1, -0.05) is 32.6 Å². The number of hydrogen-bond acceptors (Lipinski definition) is 0. The lowest BCUT2D eigenvalue weighted by molar-refractivity contribution is 0.559. The van der Waals surface area contributed by atoms with Crippen molar-refractivity contribution in [2.75, 3.05) is 0 Å². The van der Waals surface area contributed by atoms with Crippen LogP contribution in [-0.2, 0) is 0 Å². The molecular formula is C7H12N-. The molecule has 0 rings (SSSR count). The van der Waals surface area contributed by atoms with Crippen molar-refractivity contribution >= 4 is 0 Å². The highest BCUT2D eigenvalue weighted by Crippen LogP contribution is 2.07. The molecule has 0 amide bonds. The summed E-state index contributed by atoms with van der Waals surface area (Å²) in [6.07, 6.45) is 2.12. The summed E-state index contributed by atoms with van der Waals surface area (Å²) in [5, 5.41) is 0. The highest BCUT2D eigenvalue weighted by Gasteiger charge is 1.90. The van der Waals surface area contributed by atoms with E-state index >= 15 is 0 Å². The second-order valence-corrected chi connectivity index (χ2v) is 2.06.